The fourth-order valence-electron chi connectivity index (χ4n) is 2.01. The minimum absolute atomic E-state index is 0.463. The van der Waals surface area contributed by atoms with Crippen molar-refractivity contribution in [2.24, 2.45) is 16.8 Å². The van der Waals surface area contributed by atoms with Gasteiger partial charge >= 0.3 is 6.09 Å². The van der Waals surface area contributed by atoms with Crippen LogP contribution in [0.5, 0.6) is 0 Å². The number of hydrogen-bond acceptors (Lipinski definition) is 3. The lowest BCUT2D eigenvalue weighted by Gasteiger charge is -2.26. The Morgan fingerprint density at radius 3 is 2.76 bits per heavy atom. The molecular weight excluding hydrogens is 216 g/mol. The number of carbonyl (C=O) groups is 1. The maximum atomic E-state index is 11.3. The molecule has 1 rings (SSSR count). The Balaban J connectivity index is 2.27. The van der Waals surface area contributed by atoms with Gasteiger partial charge in [-0.1, -0.05) is 6.92 Å². The number of rotatable bonds is 2. The lowest BCUT2D eigenvalue weighted by atomic mass is 9.90. The van der Waals surface area contributed by atoms with Gasteiger partial charge in [-0.25, -0.2) is 4.79 Å². The van der Waals surface area contributed by atoms with Crippen LogP contribution >= 0.6 is 0 Å². The maximum Gasteiger partial charge on any atom is 0.433 e. The van der Waals surface area contributed by atoms with Crippen LogP contribution in [-0.4, -0.2) is 31.0 Å². The van der Waals surface area contributed by atoms with E-state index in [1.165, 1.54) is 6.42 Å². The first-order chi connectivity index (χ1) is 7.87. The molecule has 1 saturated heterocycles. The summed E-state index contributed by atoms with van der Waals surface area (Å²) in [6.07, 6.45) is 3.25. The van der Waals surface area contributed by atoms with Crippen molar-refractivity contribution in [1.82, 2.24) is 5.32 Å². The molecule has 98 valence electrons. The van der Waals surface area contributed by atoms with Crippen LogP contribution in [-0.2, 0) is 4.74 Å². The molecule has 1 fully saturated rings. The van der Waals surface area contributed by atoms with E-state index in [-0.39, 0.29) is 0 Å². The number of nitrogens with zero attached hydrogens (tertiary/aromatic N) is 1. The van der Waals surface area contributed by atoms with Crippen LogP contribution < -0.4 is 5.32 Å². The third-order valence-corrected chi connectivity index (χ3v) is 2.69. The summed E-state index contributed by atoms with van der Waals surface area (Å²) in [5.74, 6) is 1.30. The van der Waals surface area contributed by atoms with Crippen molar-refractivity contribution in [2.45, 2.75) is 46.1 Å². The highest BCUT2D eigenvalue weighted by Gasteiger charge is 2.18. The molecule has 1 aliphatic rings. The predicted octanol–water partition coefficient (Wildman–Crippen LogP) is 2.63. The molecule has 17 heavy (non-hydrogen) atoms. The summed E-state index contributed by atoms with van der Waals surface area (Å²) in [6, 6.07) is 0. The lowest BCUT2D eigenvalue weighted by molar-refractivity contribution is 0.0604. The van der Waals surface area contributed by atoms with E-state index in [2.05, 4.69) is 17.2 Å². The zero-order chi connectivity index (χ0) is 12.9. The highest BCUT2D eigenvalue weighted by Crippen LogP contribution is 2.17. The van der Waals surface area contributed by atoms with Gasteiger partial charge < -0.3 is 10.1 Å². The Morgan fingerprint density at radius 2 is 2.18 bits per heavy atom. The molecule has 0 aliphatic carbocycles. The van der Waals surface area contributed by atoms with E-state index in [9.17, 15) is 4.79 Å². The second-order valence-electron chi connectivity index (χ2n) is 5.89. The number of aliphatic imine (C=N–C) groups is 1. The Hall–Kier alpha value is -0.900. The van der Waals surface area contributed by atoms with Gasteiger partial charge in [-0.2, -0.15) is 4.99 Å². The van der Waals surface area contributed by atoms with Crippen LogP contribution in [0.1, 0.15) is 40.5 Å². The summed E-state index contributed by atoms with van der Waals surface area (Å²) in [7, 11) is 0. The van der Waals surface area contributed by atoms with Gasteiger partial charge in [0.25, 0.3) is 0 Å². The van der Waals surface area contributed by atoms with Gasteiger partial charge in [-0.15, -0.1) is 0 Å². The molecule has 0 aromatic rings. The predicted molar refractivity (Wildman–Crippen MR) is 69.5 cm³/mol. The molecule has 4 nitrogen and oxygen atoms in total. The van der Waals surface area contributed by atoms with Crippen molar-refractivity contribution in [3.63, 3.8) is 0 Å². The van der Waals surface area contributed by atoms with Crippen LogP contribution in [0.4, 0.5) is 4.79 Å². The molecule has 4 heteroatoms. The summed E-state index contributed by atoms with van der Waals surface area (Å²) < 4.78 is 5.10. The first-order valence-electron chi connectivity index (χ1n) is 6.33. The quantitative estimate of drug-likeness (QED) is 0.755. The first-order valence-corrected chi connectivity index (χ1v) is 6.33. The Morgan fingerprint density at radius 1 is 1.47 bits per heavy atom. The number of nitrogens with one attached hydrogen (secondary N) is 1. The number of carbonyl (C=O) groups excluding carboxylic acids is 1. The monoisotopic (exact) mass is 240 g/mol. The van der Waals surface area contributed by atoms with Gasteiger partial charge in [-0.3, -0.25) is 0 Å². The van der Waals surface area contributed by atoms with E-state index in [4.69, 9.17) is 4.74 Å². The van der Waals surface area contributed by atoms with Gasteiger partial charge in [0, 0.05) is 6.21 Å². The molecular formula is C13H24N2O2. The molecule has 0 spiro atoms. The van der Waals surface area contributed by atoms with Gasteiger partial charge in [0.2, 0.25) is 0 Å². The van der Waals surface area contributed by atoms with Crippen LogP contribution in [0.25, 0.3) is 0 Å². The smallest absolute Gasteiger partial charge is 0.433 e. The fourth-order valence-corrected chi connectivity index (χ4v) is 2.01. The summed E-state index contributed by atoms with van der Waals surface area (Å²) >= 11 is 0. The van der Waals surface area contributed by atoms with Gasteiger partial charge in [0.1, 0.15) is 5.60 Å². The minimum Gasteiger partial charge on any atom is -0.442 e. The van der Waals surface area contributed by atoms with E-state index in [1.807, 2.05) is 20.8 Å². The standard InChI is InChI=1S/C13H24N2O2/c1-10-7-11(9-14-8-10)5-6-15-12(16)17-13(2,3)4/h6,10-11,14H,5,7-9H2,1-4H3. The zero-order valence-electron chi connectivity index (χ0n) is 11.3. The Kier molecular flexibility index (Phi) is 5.12. The normalized spacial score (nSPS) is 26.1. The molecule has 2 atom stereocenters. The second kappa shape index (κ2) is 6.15. The topological polar surface area (TPSA) is 50.7 Å². The Labute approximate surface area is 104 Å². The molecule has 1 aliphatic heterocycles. The summed E-state index contributed by atoms with van der Waals surface area (Å²) in [4.78, 5) is 15.1. The number of ether oxygens (including phenoxy) is 1. The van der Waals surface area contributed by atoms with E-state index >= 15 is 0 Å². The summed E-state index contributed by atoms with van der Waals surface area (Å²) in [6.45, 7) is 9.88. The van der Waals surface area contributed by atoms with Crippen molar-refractivity contribution in [3.8, 4) is 0 Å². The molecule has 1 N–H and O–H groups in total. The molecule has 0 saturated carbocycles. The molecule has 0 aromatic carbocycles. The van der Waals surface area contributed by atoms with Gasteiger partial charge in [-0.05, 0) is 58.5 Å². The lowest BCUT2D eigenvalue weighted by Crippen LogP contribution is -2.35. The third kappa shape index (κ3) is 6.41. The number of hydrogen-bond donors (Lipinski definition) is 1. The SMILES string of the molecule is CC1CNCC(CC=NC(=O)OC(C)(C)C)C1. The highest BCUT2D eigenvalue weighted by atomic mass is 16.6. The molecule has 1 amide bonds. The Bertz CT molecular complexity index is 282. The molecule has 0 aromatic heterocycles. The van der Waals surface area contributed by atoms with Crippen molar-refractivity contribution in [3.05, 3.63) is 0 Å². The zero-order valence-corrected chi connectivity index (χ0v) is 11.3. The van der Waals surface area contributed by atoms with Gasteiger partial charge in [0.05, 0.1) is 0 Å². The van der Waals surface area contributed by atoms with Crippen LogP contribution in [0.15, 0.2) is 4.99 Å². The fraction of sp³-hybridized carbons (Fsp3) is 0.846. The van der Waals surface area contributed by atoms with E-state index in [0.29, 0.717) is 11.8 Å². The van der Waals surface area contributed by atoms with E-state index < -0.39 is 11.7 Å². The summed E-state index contributed by atoms with van der Waals surface area (Å²) in [5, 5.41) is 3.38. The molecule has 1 heterocycles. The van der Waals surface area contributed by atoms with Crippen molar-refractivity contribution in [1.29, 1.82) is 0 Å². The molecule has 0 bridgehead atoms. The summed E-state index contributed by atoms with van der Waals surface area (Å²) in [5.41, 5.74) is -0.463. The second-order valence-corrected chi connectivity index (χ2v) is 5.89. The largest absolute Gasteiger partial charge is 0.442 e. The number of amides is 1. The number of piperidine rings is 1. The van der Waals surface area contributed by atoms with Crippen molar-refractivity contribution >= 4 is 12.3 Å². The van der Waals surface area contributed by atoms with E-state index in [1.54, 1.807) is 6.21 Å². The third-order valence-electron chi connectivity index (χ3n) is 2.69. The van der Waals surface area contributed by atoms with Crippen LogP contribution in [0, 0.1) is 11.8 Å². The molecule has 0 radical (unpaired) electrons. The van der Waals surface area contributed by atoms with Crippen molar-refractivity contribution < 1.29 is 9.53 Å². The molecule has 2 unspecified atom stereocenters. The highest BCUT2D eigenvalue weighted by molar-refractivity contribution is 5.79. The first kappa shape index (κ1) is 14.2. The average molecular weight is 240 g/mol. The van der Waals surface area contributed by atoms with Crippen molar-refractivity contribution in [2.75, 3.05) is 13.1 Å². The van der Waals surface area contributed by atoms with Crippen LogP contribution in [0.3, 0.4) is 0 Å². The average Bonchev–Trinajstić information content (AvgIpc) is 2.14. The van der Waals surface area contributed by atoms with Gasteiger partial charge in [0.15, 0.2) is 0 Å². The maximum absolute atomic E-state index is 11.3. The minimum atomic E-state index is -0.491. The van der Waals surface area contributed by atoms with E-state index in [0.717, 1.165) is 19.5 Å². The van der Waals surface area contributed by atoms with Crippen LogP contribution in [0.2, 0.25) is 0 Å².